The van der Waals surface area contributed by atoms with E-state index in [0.29, 0.717) is 24.8 Å². The van der Waals surface area contributed by atoms with Crippen molar-refractivity contribution in [3.05, 3.63) is 93.0 Å². The normalized spacial score (nSPS) is 15.2. The monoisotopic (exact) mass is 473 g/mol. The summed E-state index contributed by atoms with van der Waals surface area (Å²) < 4.78 is 5.77. The van der Waals surface area contributed by atoms with Crippen LogP contribution in [0.2, 0.25) is 0 Å². The Morgan fingerprint density at radius 1 is 1.12 bits per heavy atom. The molecule has 7 heteroatoms. The van der Waals surface area contributed by atoms with E-state index < -0.39 is 5.97 Å². The lowest BCUT2D eigenvalue weighted by Gasteiger charge is -2.36. The number of rotatable bonds is 8. The standard InChI is InChI=1S/C27H27N3O3S/c1-17-5-6-20(12-18(17)2)13-23(24-4-3-11-34-24)26-28-25(29-33-26)21-9-7-19(8-10-21)14-30-15-22(16-30)27(31)32/h3-12,22-23H,13-16H2,1-2H3,(H,31,32). The third-order valence-corrected chi connectivity index (χ3v) is 7.55. The molecule has 1 unspecified atom stereocenters. The first-order valence-electron chi connectivity index (χ1n) is 11.4. The van der Waals surface area contributed by atoms with Crippen LogP contribution in [0.25, 0.3) is 11.4 Å². The summed E-state index contributed by atoms with van der Waals surface area (Å²) in [5, 5.41) is 15.4. The molecule has 1 N–H and O–H groups in total. The molecule has 2 aromatic carbocycles. The van der Waals surface area contributed by atoms with Gasteiger partial charge >= 0.3 is 5.97 Å². The molecular weight excluding hydrogens is 446 g/mol. The molecule has 1 aliphatic heterocycles. The number of likely N-dealkylation sites (tertiary alicyclic amines) is 1. The summed E-state index contributed by atoms with van der Waals surface area (Å²) in [6.45, 7) is 6.23. The molecule has 34 heavy (non-hydrogen) atoms. The van der Waals surface area contributed by atoms with E-state index in [0.717, 1.165) is 24.1 Å². The number of benzene rings is 2. The third kappa shape index (κ3) is 4.81. The van der Waals surface area contributed by atoms with Crippen molar-refractivity contribution in [2.24, 2.45) is 5.92 Å². The zero-order chi connectivity index (χ0) is 23.7. The largest absolute Gasteiger partial charge is 0.481 e. The SMILES string of the molecule is Cc1ccc(CC(c2nc(-c3ccc(CN4CC(C(=O)O)C4)cc3)no2)c2cccs2)cc1C. The second-order valence-corrected chi connectivity index (χ2v) is 10.1. The van der Waals surface area contributed by atoms with Crippen LogP contribution in [-0.4, -0.2) is 39.2 Å². The lowest BCUT2D eigenvalue weighted by atomic mass is 9.95. The molecular formula is C27H27N3O3S. The fourth-order valence-corrected chi connectivity index (χ4v) is 5.15. The highest BCUT2D eigenvalue weighted by Crippen LogP contribution is 2.32. The minimum absolute atomic E-state index is 0.0104. The predicted octanol–water partition coefficient (Wildman–Crippen LogP) is 5.31. The van der Waals surface area contributed by atoms with E-state index in [1.165, 1.54) is 21.6 Å². The van der Waals surface area contributed by atoms with Gasteiger partial charge in [0.2, 0.25) is 11.7 Å². The van der Waals surface area contributed by atoms with E-state index in [9.17, 15) is 4.79 Å². The minimum atomic E-state index is -0.710. The minimum Gasteiger partial charge on any atom is -0.481 e. The highest BCUT2D eigenvalue weighted by Gasteiger charge is 2.32. The zero-order valence-electron chi connectivity index (χ0n) is 19.3. The lowest BCUT2D eigenvalue weighted by molar-refractivity contribution is -0.147. The van der Waals surface area contributed by atoms with Crippen LogP contribution >= 0.6 is 11.3 Å². The average Bonchev–Trinajstić information content (AvgIpc) is 3.49. The number of carbonyl (C=O) groups is 1. The average molecular weight is 474 g/mol. The van der Waals surface area contributed by atoms with Gasteiger partial charge in [-0.15, -0.1) is 11.3 Å². The third-order valence-electron chi connectivity index (χ3n) is 6.56. The van der Waals surface area contributed by atoms with Crippen LogP contribution in [0.4, 0.5) is 0 Å². The topological polar surface area (TPSA) is 79.5 Å². The van der Waals surface area contributed by atoms with Crippen molar-refractivity contribution in [2.45, 2.75) is 32.7 Å². The van der Waals surface area contributed by atoms with Gasteiger partial charge in [0.25, 0.3) is 0 Å². The summed E-state index contributed by atoms with van der Waals surface area (Å²) in [5.74, 6) is 0.268. The summed E-state index contributed by atoms with van der Waals surface area (Å²) in [6, 6.07) is 18.9. The van der Waals surface area contributed by atoms with Gasteiger partial charge < -0.3 is 9.63 Å². The number of aliphatic carboxylic acids is 1. The highest BCUT2D eigenvalue weighted by atomic mass is 32.1. The van der Waals surface area contributed by atoms with Crippen LogP contribution in [-0.2, 0) is 17.8 Å². The second-order valence-electron chi connectivity index (χ2n) is 9.07. The van der Waals surface area contributed by atoms with Gasteiger partial charge in [-0.2, -0.15) is 4.98 Å². The predicted molar refractivity (Wildman–Crippen MR) is 132 cm³/mol. The first kappa shape index (κ1) is 22.5. The van der Waals surface area contributed by atoms with Crippen molar-refractivity contribution in [2.75, 3.05) is 13.1 Å². The Balaban J connectivity index is 1.31. The van der Waals surface area contributed by atoms with Gasteiger partial charge in [0.15, 0.2) is 0 Å². The zero-order valence-corrected chi connectivity index (χ0v) is 20.1. The number of thiophene rings is 1. The Hall–Kier alpha value is -3.29. The van der Waals surface area contributed by atoms with Crippen LogP contribution in [0.3, 0.4) is 0 Å². The number of carboxylic acid groups (broad SMARTS) is 1. The molecule has 1 aliphatic rings. The molecule has 4 aromatic rings. The first-order valence-corrected chi connectivity index (χ1v) is 12.3. The van der Waals surface area contributed by atoms with E-state index in [2.05, 4.69) is 59.6 Å². The van der Waals surface area contributed by atoms with Crippen LogP contribution in [0, 0.1) is 19.8 Å². The van der Waals surface area contributed by atoms with E-state index in [1.54, 1.807) is 11.3 Å². The van der Waals surface area contributed by atoms with Crippen molar-refractivity contribution in [3.8, 4) is 11.4 Å². The van der Waals surface area contributed by atoms with Crippen LogP contribution in [0.1, 0.15) is 38.9 Å². The molecule has 0 saturated carbocycles. The Bertz CT molecular complexity index is 1270. The van der Waals surface area contributed by atoms with Gasteiger partial charge in [-0.3, -0.25) is 9.69 Å². The Kier molecular flexibility index (Phi) is 6.30. The Labute approximate surface area is 202 Å². The van der Waals surface area contributed by atoms with Crippen molar-refractivity contribution in [1.82, 2.24) is 15.0 Å². The summed E-state index contributed by atoms with van der Waals surface area (Å²) in [4.78, 5) is 19.1. The molecule has 0 amide bonds. The smallest absolute Gasteiger partial charge is 0.309 e. The molecule has 2 aromatic heterocycles. The quantitative estimate of drug-likeness (QED) is 0.374. The molecule has 5 rings (SSSR count). The summed E-state index contributed by atoms with van der Waals surface area (Å²) in [5.41, 5.74) is 5.87. The number of carboxylic acids is 1. The van der Waals surface area contributed by atoms with Crippen molar-refractivity contribution in [1.29, 1.82) is 0 Å². The lowest BCUT2D eigenvalue weighted by Crippen LogP contribution is -2.49. The van der Waals surface area contributed by atoms with Crippen LogP contribution in [0.15, 0.2) is 64.5 Å². The number of aryl methyl sites for hydroxylation is 2. The highest BCUT2D eigenvalue weighted by molar-refractivity contribution is 7.10. The van der Waals surface area contributed by atoms with E-state index in [-0.39, 0.29) is 11.8 Å². The van der Waals surface area contributed by atoms with Gasteiger partial charge in [0, 0.05) is 30.1 Å². The number of hydrogen-bond acceptors (Lipinski definition) is 6. The molecule has 0 bridgehead atoms. The number of hydrogen-bond donors (Lipinski definition) is 1. The van der Waals surface area contributed by atoms with Crippen molar-refractivity contribution < 1.29 is 14.4 Å². The number of nitrogens with zero attached hydrogens (tertiary/aromatic N) is 3. The molecule has 0 radical (unpaired) electrons. The molecule has 1 atom stereocenters. The molecule has 6 nitrogen and oxygen atoms in total. The fourth-order valence-electron chi connectivity index (χ4n) is 4.33. The molecule has 0 aliphatic carbocycles. The second kappa shape index (κ2) is 9.52. The molecule has 1 saturated heterocycles. The van der Waals surface area contributed by atoms with Gasteiger partial charge in [-0.1, -0.05) is 53.7 Å². The van der Waals surface area contributed by atoms with E-state index in [4.69, 9.17) is 14.6 Å². The Morgan fingerprint density at radius 2 is 1.88 bits per heavy atom. The van der Waals surface area contributed by atoms with Gasteiger partial charge in [0.05, 0.1) is 11.8 Å². The number of aromatic nitrogens is 2. The van der Waals surface area contributed by atoms with Gasteiger partial charge in [-0.05, 0) is 54.0 Å². The Morgan fingerprint density at radius 3 is 2.56 bits per heavy atom. The molecule has 1 fully saturated rings. The molecule has 0 spiro atoms. The first-order chi connectivity index (χ1) is 16.5. The fraction of sp³-hybridized carbons (Fsp3) is 0.296. The van der Waals surface area contributed by atoms with Crippen molar-refractivity contribution >= 4 is 17.3 Å². The maximum atomic E-state index is 11.0. The molecule has 174 valence electrons. The summed E-state index contributed by atoms with van der Waals surface area (Å²) in [6.07, 6.45) is 0.801. The van der Waals surface area contributed by atoms with Gasteiger partial charge in [-0.25, -0.2) is 0 Å². The van der Waals surface area contributed by atoms with Gasteiger partial charge in [0.1, 0.15) is 0 Å². The summed E-state index contributed by atoms with van der Waals surface area (Å²) in [7, 11) is 0. The molecule has 3 heterocycles. The summed E-state index contributed by atoms with van der Waals surface area (Å²) >= 11 is 1.71. The van der Waals surface area contributed by atoms with E-state index in [1.807, 2.05) is 24.3 Å². The maximum Gasteiger partial charge on any atom is 0.309 e. The van der Waals surface area contributed by atoms with Crippen LogP contribution in [0.5, 0.6) is 0 Å². The van der Waals surface area contributed by atoms with Crippen molar-refractivity contribution in [3.63, 3.8) is 0 Å². The van der Waals surface area contributed by atoms with E-state index >= 15 is 0 Å². The maximum absolute atomic E-state index is 11.0. The van der Waals surface area contributed by atoms with Crippen LogP contribution < -0.4 is 0 Å².